The summed E-state index contributed by atoms with van der Waals surface area (Å²) in [6, 6.07) is 2.98. The molecule has 94 valence electrons. The minimum absolute atomic E-state index is 0.250. The van der Waals surface area contributed by atoms with Crippen molar-refractivity contribution in [3.63, 3.8) is 0 Å². The number of amides is 2. The maximum atomic E-state index is 11.5. The van der Waals surface area contributed by atoms with Crippen molar-refractivity contribution in [2.45, 2.75) is 25.1 Å². The molecule has 17 heavy (non-hydrogen) atoms. The van der Waals surface area contributed by atoms with Crippen LogP contribution in [0.5, 0.6) is 0 Å². The number of aliphatic hydroxyl groups excluding tert-OH is 1. The second kappa shape index (κ2) is 5.70. The van der Waals surface area contributed by atoms with Gasteiger partial charge in [0.25, 0.3) is 0 Å². The molecule has 2 heterocycles. The average molecular weight is 240 g/mol. The lowest BCUT2D eigenvalue weighted by atomic mass is 10.1. The Morgan fingerprint density at radius 2 is 2.47 bits per heavy atom. The molecule has 2 rings (SSSR count). The van der Waals surface area contributed by atoms with Gasteiger partial charge in [-0.2, -0.15) is 0 Å². The molecule has 0 unspecified atom stereocenters. The Hall–Kier alpha value is -1.53. The van der Waals surface area contributed by atoms with Crippen LogP contribution in [0, 0.1) is 0 Å². The number of hydrogen-bond donors (Lipinski definition) is 3. The number of hydrogen-bond acceptors (Lipinski definition) is 4. The molecule has 1 aromatic heterocycles. The van der Waals surface area contributed by atoms with E-state index in [0.29, 0.717) is 25.3 Å². The minimum Gasteiger partial charge on any atom is -0.467 e. The summed E-state index contributed by atoms with van der Waals surface area (Å²) in [6.07, 6.45) is 1.53. The quantitative estimate of drug-likeness (QED) is 0.706. The molecule has 2 amide bonds. The van der Waals surface area contributed by atoms with Crippen LogP contribution >= 0.6 is 0 Å². The van der Waals surface area contributed by atoms with Crippen molar-refractivity contribution in [3.05, 3.63) is 24.2 Å². The van der Waals surface area contributed by atoms with E-state index >= 15 is 0 Å². The average Bonchev–Trinajstić information content (AvgIpc) is 2.82. The summed E-state index contributed by atoms with van der Waals surface area (Å²) in [5, 5.41) is 15.0. The van der Waals surface area contributed by atoms with Crippen molar-refractivity contribution in [2.24, 2.45) is 0 Å². The third-order valence-corrected chi connectivity index (χ3v) is 2.65. The van der Waals surface area contributed by atoms with Gasteiger partial charge >= 0.3 is 6.03 Å². The molecule has 0 aromatic carbocycles. The summed E-state index contributed by atoms with van der Waals surface area (Å²) < 4.78 is 10.2. The van der Waals surface area contributed by atoms with Crippen molar-refractivity contribution in [1.29, 1.82) is 0 Å². The van der Waals surface area contributed by atoms with Crippen LogP contribution in [0.3, 0.4) is 0 Å². The Morgan fingerprint density at radius 1 is 1.59 bits per heavy atom. The number of rotatable bonds is 3. The van der Waals surface area contributed by atoms with E-state index in [1.807, 2.05) is 0 Å². The zero-order valence-electron chi connectivity index (χ0n) is 9.39. The van der Waals surface area contributed by atoms with Gasteiger partial charge in [-0.1, -0.05) is 0 Å². The molecule has 6 heteroatoms. The fraction of sp³-hybridized carbons (Fsp3) is 0.545. The highest BCUT2D eigenvalue weighted by atomic mass is 16.5. The first-order valence-corrected chi connectivity index (χ1v) is 5.58. The molecule has 2 atom stereocenters. The Bertz CT molecular complexity index is 352. The summed E-state index contributed by atoms with van der Waals surface area (Å²) in [6.45, 7) is 1.15. The Kier molecular flexibility index (Phi) is 4.00. The normalized spacial score (nSPS) is 24.3. The number of furan rings is 1. The molecular formula is C11H16N2O4. The summed E-state index contributed by atoms with van der Waals surface area (Å²) >= 11 is 0. The van der Waals surface area contributed by atoms with Crippen LogP contribution in [0.1, 0.15) is 12.2 Å². The van der Waals surface area contributed by atoms with Crippen molar-refractivity contribution in [3.8, 4) is 0 Å². The first-order chi connectivity index (χ1) is 8.25. The van der Waals surface area contributed by atoms with Gasteiger partial charge in [0.15, 0.2) is 0 Å². The van der Waals surface area contributed by atoms with Crippen LogP contribution in [0.15, 0.2) is 22.8 Å². The lowest BCUT2D eigenvalue weighted by molar-refractivity contribution is -0.0247. The molecule has 0 saturated carbocycles. The molecule has 1 fully saturated rings. The van der Waals surface area contributed by atoms with Gasteiger partial charge in [0.05, 0.1) is 31.6 Å². The Balaban J connectivity index is 1.73. The lowest BCUT2D eigenvalue weighted by Crippen LogP contribution is -2.51. The number of carbonyl (C=O) groups excluding carboxylic acids is 1. The van der Waals surface area contributed by atoms with Gasteiger partial charge in [-0.15, -0.1) is 0 Å². The first kappa shape index (κ1) is 11.9. The van der Waals surface area contributed by atoms with Gasteiger partial charge in [-0.3, -0.25) is 0 Å². The van der Waals surface area contributed by atoms with Crippen LogP contribution in [0.25, 0.3) is 0 Å². The molecule has 0 bridgehead atoms. The molecular weight excluding hydrogens is 224 g/mol. The predicted molar refractivity (Wildman–Crippen MR) is 59.3 cm³/mol. The van der Waals surface area contributed by atoms with Crippen LogP contribution < -0.4 is 10.6 Å². The first-order valence-electron chi connectivity index (χ1n) is 5.58. The zero-order valence-corrected chi connectivity index (χ0v) is 9.39. The SMILES string of the molecule is O=C(NCc1ccco1)N[C@@H]1CCOC[C@H]1O. The smallest absolute Gasteiger partial charge is 0.315 e. The highest BCUT2D eigenvalue weighted by Gasteiger charge is 2.24. The molecule has 1 saturated heterocycles. The van der Waals surface area contributed by atoms with Crippen molar-refractivity contribution >= 4 is 6.03 Å². The van der Waals surface area contributed by atoms with Gasteiger partial charge in [-0.05, 0) is 18.6 Å². The van der Waals surface area contributed by atoms with E-state index in [9.17, 15) is 9.90 Å². The third kappa shape index (κ3) is 3.47. The van der Waals surface area contributed by atoms with Gasteiger partial charge < -0.3 is 24.9 Å². The van der Waals surface area contributed by atoms with Gasteiger partial charge in [-0.25, -0.2) is 4.79 Å². The highest BCUT2D eigenvalue weighted by Crippen LogP contribution is 2.07. The minimum atomic E-state index is -0.641. The van der Waals surface area contributed by atoms with E-state index in [-0.39, 0.29) is 18.7 Å². The molecule has 6 nitrogen and oxygen atoms in total. The van der Waals surface area contributed by atoms with Crippen LogP contribution in [0.4, 0.5) is 4.79 Å². The third-order valence-electron chi connectivity index (χ3n) is 2.65. The maximum Gasteiger partial charge on any atom is 0.315 e. The van der Waals surface area contributed by atoms with E-state index in [2.05, 4.69) is 10.6 Å². The van der Waals surface area contributed by atoms with E-state index < -0.39 is 6.10 Å². The number of aliphatic hydroxyl groups is 1. The molecule has 0 spiro atoms. The second-order valence-corrected chi connectivity index (χ2v) is 3.94. The lowest BCUT2D eigenvalue weighted by Gasteiger charge is -2.28. The summed E-state index contributed by atoms with van der Waals surface area (Å²) in [5.41, 5.74) is 0. The number of ether oxygens (including phenoxy) is 1. The van der Waals surface area contributed by atoms with E-state index in [4.69, 9.17) is 9.15 Å². The summed E-state index contributed by atoms with van der Waals surface area (Å²) in [7, 11) is 0. The van der Waals surface area contributed by atoms with Crippen LogP contribution in [-0.4, -0.2) is 36.5 Å². The maximum absolute atomic E-state index is 11.5. The predicted octanol–water partition coefficient (Wildman–Crippen LogP) is 0.229. The Labute approximate surface area is 98.9 Å². The molecule has 1 aliphatic heterocycles. The van der Waals surface area contributed by atoms with Crippen LogP contribution in [-0.2, 0) is 11.3 Å². The largest absolute Gasteiger partial charge is 0.467 e. The monoisotopic (exact) mass is 240 g/mol. The molecule has 1 aliphatic rings. The summed E-state index contributed by atoms with van der Waals surface area (Å²) in [5.74, 6) is 0.688. The molecule has 0 radical (unpaired) electrons. The van der Waals surface area contributed by atoms with Crippen LogP contribution in [0.2, 0.25) is 0 Å². The van der Waals surface area contributed by atoms with E-state index in [1.54, 1.807) is 18.4 Å². The fourth-order valence-corrected chi connectivity index (χ4v) is 1.69. The number of urea groups is 1. The molecule has 0 aliphatic carbocycles. The van der Waals surface area contributed by atoms with Gasteiger partial charge in [0.2, 0.25) is 0 Å². The number of nitrogens with one attached hydrogen (secondary N) is 2. The topological polar surface area (TPSA) is 83.7 Å². The van der Waals surface area contributed by atoms with Gasteiger partial charge in [0, 0.05) is 6.61 Å². The zero-order chi connectivity index (χ0) is 12.1. The molecule has 1 aromatic rings. The van der Waals surface area contributed by atoms with Crippen molar-refractivity contribution in [2.75, 3.05) is 13.2 Å². The Morgan fingerprint density at radius 3 is 3.18 bits per heavy atom. The van der Waals surface area contributed by atoms with Crippen molar-refractivity contribution in [1.82, 2.24) is 10.6 Å². The fourth-order valence-electron chi connectivity index (χ4n) is 1.69. The standard InChI is InChI=1S/C11H16N2O4/c14-10-7-16-5-3-9(10)13-11(15)12-6-8-2-1-4-17-8/h1-2,4,9-10,14H,3,5-7H2,(H2,12,13,15)/t9-,10-/m1/s1. The number of carbonyl (C=O) groups is 1. The molecule has 3 N–H and O–H groups in total. The second-order valence-electron chi connectivity index (χ2n) is 3.94. The summed E-state index contributed by atoms with van der Waals surface area (Å²) in [4.78, 5) is 11.5. The van der Waals surface area contributed by atoms with E-state index in [0.717, 1.165) is 0 Å². The van der Waals surface area contributed by atoms with E-state index in [1.165, 1.54) is 0 Å². The highest BCUT2D eigenvalue weighted by molar-refractivity contribution is 5.74. The van der Waals surface area contributed by atoms with Crippen molar-refractivity contribution < 1.29 is 19.1 Å². The van der Waals surface area contributed by atoms with Gasteiger partial charge in [0.1, 0.15) is 5.76 Å².